The minimum Gasteiger partial charge on any atom is -0.478 e. The summed E-state index contributed by atoms with van der Waals surface area (Å²) in [5, 5.41) is 22.7. The molecule has 0 spiro atoms. The minimum atomic E-state index is -1.18. The van der Waals surface area contributed by atoms with Crippen LogP contribution >= 0.6 is 0 Å². The highest BCUT2D eigenvalue weighted by molar-refractivity contribution is 5.89. The number of benzene rings is 1. The van der Waals surface area contributed by atoms with E-state index in [9.17, 15) is 14.9 Å². The van der Waals surface area contributed by atoms with Gasteiger partial charge in [-0.05, 0) is 19.2 Å². The Bertz CT molecular complexity index is 462. The first-order chi connectivity index (χ1) is 8.47. The number of anilines is 1. The van der Waals surface area contributed by atoms with Crippen molar-refractivity contribution in [3.63, 3.8) is 0 Å². The topological polar surface area (TPSA) is 95.7 Å². The lowest BCUT2D eigenvalue weighted by Gasteiger charge is -2.19. The molecule has 0 fully saturated rings. The van der Waals surface area contributed by atoms with Crippen LogP contribution < -0.4 is 10.2 Å². The van der Waals surface area contributed by atoms with Gasteiger partial charge in [-0.3, -0.25) is 10.1 Å². The van der Waals surface area contributed by atoms with Gasteiger partial charge in [-0.1, -0.05) is 0 Å². The summed E-state index contributed by atoms with van der Waals surface area (Å²) in [4.78, 5) is 22.9. The maximum absolute atomic E-state index is 10.9. The fraction of sp³-hybridized carbons (Fsp3) is 0.364. The van der Waals surface area contributed by atoms with E-state index in [0.717, 1.165) is 6.07 Å². The van der Waals surface area contributed by atoms with Crippen LogP contribution in [0, 0.1) is 10.1 Å². The molecule has 0 amide bonds. The summed E-state index contributed by atoms with van der Waals surface area (Å²) in [6.07, 6.45) is 0. The van der Waals surface area contributed by atoms with E-state index in [1.165, 1.54) is 12.1 Å². The maximum Gasteiger partial charge on any atom is 0.335 e. The summed E-state index contributed by atoms with van der Waals surface area (Å²) in [5.74, 6) is -1.18. The second kappa shape index (κ2) is 5.97. The molecule has 1 aromatic rings. The SMILES string of the molecule is CNCCN(C)c1ccc(C(=O)O)cc1[N+](=O)[O-]. The van der Waals surface area contributed by atoms with E-state index >= 15 is 0 Å². The Labute approximate surface area is 104 Å². The molecule has 0 bridgehead atoms. The molecule has 0 saturated carbocycles. The Morgan fingerprint density at radius 3 is 2.72 bits per heavy atom. The van der Waals surface area contributed by atoms with Crippen LogP contribution in [-0.4, -0.2) is 43.2 Å². The standard InChI is InChI=1S/C11H15N3O4/c1-12-5-6-13(2)9-4-3-8(11(15)16)7-10(9)14(17)18/h3-4,7,12H,5-6H2,1-2H3,(H,15,16). The minimum absolute atomic E-state index is 0.0903. The number of nitro benzene ring substituents is 1. The van der Waals surface area contributed by atoms with Gasteiger partial charge >= 0.3 is 5.97 Å². The van der Waals surface area contributed by atoms with Crippen molar-refractivity contribution in [2.45, 2.75) is 0 Å². The summed E-state index contributed by atoms with van der Waals surface area (Å²) in [7, 11) is 3.51. The van der Waals surface area contributed by atoms with Gasteiger partial charge in [-0.15, -0.1) is 0 Å². The Balaban J connectivity index is 3.11. The predicted molar refractivity (Wildman–Crippen MR) is 67.3 cm³/mol. The molecule has 0 atom stereocenters. The Morgan fingerprint density at radius 2 is 2.22 bits per heavy atom. The molecule has 0 aliphatic rings. The van der Waals surface area contributed by atoms with Crippen molar-refractivity contribution in [1.82, 2.24) is 5.32 Å². The number of carboxylic acids is 1. The van der Waals surface area contributed by atoms with Crippen LogP contribution in [0.4, 0.5) is 11.4 Å². The third-order valence-corrected chi connectivity index (χ3v) is 2.53. The molecule has 98 valence electrons. The average molecular weight is 253 g/mol. The van der Waals surface area contributed by atoms with Crippen LogP contribution in [0.5, 0.6) is 0 Å². The van der Waals surface area contributed by atoms with E-state index in [1.807, 2.05) is 0 Å². The van der Waals surface area contributed by atoms with Crippen molar-refractivity contribution in [1.29, 1.82) is 0 Å². The highest BCUT2D eigenvalue weighted by Gasteiger charge is 2.19. The van der Waals surface area contributed by atoms with Crippen molar-refractivity contribution < 1.29 is 14.8 Å². The Morgan fingerprint density at radius 1 is 1.56 bits per heavy atom. The van der Waals surface area contributed by atoms with Crippen LogP contribution in [0.15, 0.2) is 18.2 Å². The monoisotopic (exact) mass is 253 g/mol. The largest absolute Gasteiger partial charge is 0.478 e. The molecule has 0 saturated heterocycles. The Hall–Kier alpha value is -2.15. The lowest BCUT2D eigenvalue weighted by molar-refractivity contribution is -0.384. The molecule has 0 radical (unpaired) electrons. The van der Waals surface area contributed by atoms with Gasteiger partial charge < -0.3 is 15.3 Å². The number of likely N-dealkylation sites (N-methyl/N-ethyl adjacent to an activating group) is 2. The zero-order chi connectivity index (χ0) is 13.7. The van der Waals surface area contributed by atoms with Crippen molar-refractivity contribution >= 4 is 17.3 Å². The molecule has 7 heteroatoms. The van der Waals surface area contributed by atoms with Gasteiger partial charge in [0.15, 0.2) is 0 Å². The predicted octanol–water partition coefficient (Wildman–Crippen LogP) is 0.949. The zero-order valence-electron chi connectivity index (χ0n) is 10.2. The molecule has 0 aliphatic carbocycles. The van der Waals surface area contributed by atoms with Gasteiger partial charge in [-0.25, -0.2) is 4.79 Å². The molecular weight excluding hydrogens is 238 g/mol. The van der Waals surface area contributed by atoms with Crippen molar-refractivity contribution in [3.05, 3.63) is 33.9 Å². The second-order valence-corrected chi connectivity index (χ2v) is 3.79. The average Bonchev–Trinajstić information content (AvgIpc) is 2.34. The van der Waals surface area contributed by atoms with E-state index in [4.69, 9.17) is 5.11 Å². The number of aromatic carboxylic acids is 1. The maximum atomic E-state index is 10.9. The first-order valence-corrected chi connectivity index (χ1v) is 5.35. The summed E-state index contributed by atoms with van der Waals surface area (Å²) in [6.45, 7) is 1.26. The number of hydrogen-bond donors (Lipinski definition) is 2. The Kier molecular flexibility index (Phi) is 4.61. The molecule has 0 unspecified atom stereocenters. The van der Waals surface area contributed by atoms with Gasteiger partial charge in [-0.2, -0.15) is 0 Å². The molecule has 2 N–H and O–H groups in total. The molecule has 0 heterocycles. The van der Waals surface area contributed by atoms with Crippen LogP contribution in [0.3, 0.4) is 0 Å². The first kappa shape index (κ1) is 13.9. The van der Waals surface area contributed by atoms with Crippen molar-refractivity contribution in [2.24, 2.45) is 0 Å². The number of nitro groups is 1. The molecule has 0 aliphatic heterocycles. The van der Waals surface area contributed by atoms with Crippen molar-refractivity contribution in [3.8, 4) is 0 Å². The van der Waals surface area contributed by atoms with Crippen LogP contribution in [0.2, 0.25) is 0 Å². The molecule has 1 rings (SSSR count). The summed E-state index contributed by atoms with van der Waals surface area (Å²) in [5.41, 5.74) is 0.112. The molecule has 1 aromatic carbocycles. The fourth-order valence-electron chi connectivity index (χ4n) is 1.53. The molecule has 18 heavy (non-hydrogen) atoms. The highest BCUT2D eigenvalue weighted by Crippen LogP contribution is 2.28. The van der Waals surface area contributed by atoms with Crippen LogP contribution in [0.25, 0.3) is 0 Å². The molecule has 0 aromatic heterocycles. The van der Waals surface area contributed by atoms with Crippen LogP contribution in [0.1, 0.15) is 10.4 Å². The fourth-order valence-corrected chi connectivity index (χ4v) is 1.53. The summed E-state index contributed by atoms with van der Waals surface area (Å²) < 4.78 is 0. The first-order valence-electron chi connectivity index (χ1n) is 5.35. The number of rotatable bonds is 6. The third-order valence-electron chi connectivity index (χ3n) is 2.53. The lowest BCUT2D eigenvalue weighted by atomic mass is 10.1. The van der Waals surface area contributed by atoms with Gasteiger partial charge in [0, 0.05) is 26.2 Å². The van der Waals surface area contributed by atoms with Crippen molar-refractivity contribution in [2.75, 3.05) is 32.1 Å². The summed E-state index contributed by atoms with van der Waals surface area (Å²) >= 11 is 0. The third kappa shape index (κ3) is 3.17. The number of nitrogens with zero attached hydrogens (tertiary/aromatic N) is 2. The quantitative estimate of drug-likeness (QED) is 0.579. The van der Waals surface area contributed by atoms with Gasteiger partial charge in [0.1, 0.15) is 5.69 Å². The number of hydrogen-bond acceptors (Lipinski definition) is 5. The highest BCUT2D eigenvalue weighted by atomic mass is 16.6. The molecular formula is C11H15N3O4. The smallest absolute Gasteiger partial charge is 0.335 e. The van der Waals surface area contributed by atoms with E-state index in [2.05, 4.69) is 5.32 Å². The summed E-state index contributed by atoms with van der Waals surface area (Å²) in [6, 6.07) is 3.89. The van der Waals surface area contributed by atoms with Gasteiger partial charge in [0.05, 0.1) is 10.5 Å². The van der Waals surface area contributed by atoms with E-state index in [0.29, 0.717) is 18.8 Å². The number of carboxylic acid groups (broad SMARTS) is 1. The van der Waals surface area contributed by atoms with E-state index in [1.54, 1.807) is 19.0 Å². The number of nitrogens with one attached hydrogen (secondary N) is 1. The number of carbonyl (C=O) groups is 1. The van der Waals surface area contributed by atoms with E-state index in [-0.39, 0.29) is 11.3 Å². The van der Waals surface area contributed by atoms with Gasteiger partial charge in [0.25, 0.3) is 5.69 Å². The lowest BCUT2D eigenvalue weighted by Crippen LogP contribution is -2.27. The molecule has 7 nitrogen and oxygen atoms in total. The van der Waals surface area contributed by atoms with E-state index < -0.39 is 10.9 Å². The normalized spacial score (nSPS) is 10.1. The van der Waals surface area contributed by atoms with Crippen LogP contribution in [-0.2, 0) is 0 Å². The van der Waals surface area contributed by atoms with Gasteiger partial charge in [0.2, 0.25) is 0 Å². The second-order valence-electron chi connectivity index (χ2n) is 3.79. The zero-order valence-corrected chi connectivity index (χ0v) is 10.2.